The summed E-state index contributed by atoms with van der Waals surface area (Å²) in [6.45, 7) is 0.642. The largest absolute Gasteiger partial charge is 0.349 e. The number of fused-ring (bicyclic) bond motifs is 1. The second-order valence-corrected chi connectivity index (χ2v) is 12.6. The number of benzene rings is 2. The number of halogens is 3. The molecular formula is C28H32Cl2FN3O3S. The van der Waals surface area contributed by atoms with Gasteiger partial charge in [-0.15, -0.1) is 0 Å². The van der Waals surface area contributed by atoms with Gasteiger partial charge in [-0.05, 0) is 79.1 Å². The molecule has 2 aliphatic carbocycles. The Labute approximate surface area is 233 Å². The Morgan fingerprint density at radius 2 is 1.92 bits per heavy atom. The molecule has 0 saturated heterocycles. The van der Waals surface area contributed by atoms with Crippen LogP contribution >= 0.6 is 23.2 Å². The molecule has 2 aromatic rings. The van der Waals surface area contributed by atoms with Gasteiger partial charge in [0, 0.05) is 17.9 Å². The second-order valence-electron chi connectivity index (χ2n) is 9.76. The topological polar surface area (TPSA) is 101 Å². The smallest absolute Gasteiger partial charge is 0.222 e. The van der Waals surface area contributed by atoms with Crippen molar-refractivity contribution in [3.8, 4) is 0 Å². The summed E-state index contributed by atoms with van der Waals surface area (Å²) >= 11 is 12.1. The summed E-state index contributed by atoms with van der Waals surface area (Å²) in [5, 5.41) is 2.71. The van der Waals surface area contributed by atoms with Gasteiger partial charge in [-0.25, -0.2) is 17.5 Å². The van der Waals surface area contributed by atoms with E-state index in [9.17, 15) is 17.6 Å². The molecule has 2 aliphatic rings. The normalized spacial score (nSPS) is 20.2. The molecule has 10 heteroatoms. The number of carbonyl (C=O) groups excluding carboxylic acids is 1. The quantitative estimate of drug-likeness (QED) is 0.356. The third-order valence-electron chi connectivity index (χ3n) is 6.99. The molecule has 0 aliphatic heterocycles. The van der Waals surface area contributed by atoms with Crippen LogP contribution in [0.1, 0.15) is 66.4 Å². The van der Waals surface area contributed by atoms with Crippen molar-refractivity contribution in [2.45, 2.75) is 62.3 Å². The van der Waals surface area contributed by atoms with E-state index in [1.54, 1.807) is 0 Å². The van der Waals surface area contributed by atoms with E-state index in [-0.39, 0.29) is 29.8 Å². The molecule has 4 rings (SSSR count). The van der Waals surface area contributed by atoms with Crippen molar-refractivity contribution in [1.29, 1.82) is 0 Å². The molecule has 4 N–H and O–H groups in total. The number of rotatable bonds is 10. The van der Waals surface area contributed by atoms with Crippen LogP contribution in [-0.4, -0.2) is 26.1 Å². The molecule has 0 radical (unpaired) electrons. The molecule has 1 amide bonds. The maximum absolute atomic E-state index is 13.6. The van der Waals surface area contributed by atoms with Gasteiger partial charge in [0.25, 0.3) is 0 Å². The van der Waals surface area contributed by atoms with Gasteiger partial charge in [0.15, 0.2) is 0 Å². The monoisotopic (exact) mass is 579 g/mol. The number of nitrogens with one attached hydrogen (secondary N) is 2. The number of nitrogens with two attached hydrogens (primary N) is 1. The van der Waals surface area contributed by atoms with Crippen LogP contribution in [0.25, 0.3) is 0 Å². The summed E-state index contributed by atoms with van der Waals surface area (Å²) in [6.07, 6.45) is 7.34. The van der Waals surface area contributed by atoms with Gasteiger partial charge in [-0.2, -0.15) is 0 Å². The van der Waals surface area contributed by atoms with E-state index in [2.05, 4.69) is 28.2 Å². The SMILES string of the molecule is NCCCc1ccc2c(c1)CCCC2NC(=O)C[C@@H](NS(=O)(=O)C1C=CC(Cl)=C(Cl)C1)c1ccc(F)cc1. The van der Waals surface area contributed by atoms with Crippen LogP contribution in [0.3, 0.4) is 0 Å². The number of amides is 1. The zero-order valence-electron chi connectivity index (χ0n) is 20.9. The highest BCUT2D eigenvalue weighted by Gasteiger charge is 2.31. The minimum Gasteiger partial charge on any atom is -0.349 e. The standard InChI is InChI=1S/C28H32Cl2FN3O3S/c29-24-13-11-22(16-25(24)30)38(36,37)34-27(19-7-9-21(31)10-8-19)17-28(35)33-26-5-1-4-20-15-18(3-2-14-32)6-12-23(20)26/h6-13,15,22,26-27,34H,1-5,14,16-17,32H2,(H,33,35)/t22?,26?,27-/m1/s1. The van der Waals surface area contributed by atoms with E-state index in [1.165, 1.54) is 47.5 Å². The predicted molar refractivity (Wildman–Crippen MR) is 150 cm³/mol. The highest BCUT2D eigenvalue weighted by Crippen LogP contribution is 2.32. The molecule has 204 valence electrons. The predicted octanol–water partition coefficient (Wildman–Crippen LogP) is 5.28. The maximum atomic E-state index is 13.6. The lowest BCUT2D eigenvalue weighted by Gasteiger charge is -2.28. The van der Waals surface area contributed by atoms with Crippen molar-refractivity contribution < 1.29 is 17.6 Å². The molecule has 2 unspecified atom stereocenters. The molecule has 0 spiro atoms. The van der Waals surface area contributed by atoms with Gasteiger partial charge in [-0.3, -0.25) is 4.79 Å². The lowest BCUT2D eigenvalue weighted by molar-refractivity contribution is -0.122. The zero-order chi connectivity index (χ0) is 27.3. The number of allylic oxidation sites excluding steroid dienone is 3. The Kier molecular flexibility index (Phi) is 9.65. The number of aryl methyl sites for hydroxylation is 2. The molecule has 0 aromatic heterocycles. The van der Waals surface area contributed by atoms with Crippen molar-refractivity contribution in [2.24, 2.45) is 5.73 Å². The molecule has 38 heavy (non-hydrogen) atoms. The van der Waals surface area contributed by atoms with Crippen LogP contribution < -0.4 is 15.8 Å². The minimum absolute atomic E-state index is 0.0285. The van der Waals surface area contributed by atoms with Gasteiger partial charge in [-0.1, -0.05) is 59.6 Å². The van der Waals surface area contributed by atoms with Crippen LogP contribution in [0.5, 0.6) is 0 Å². The molecule has 0 bridgehead atoms. The van der Waals surface area contributed by atoms with E-state index < -0.39 is 27.1 Å². The molecule has 2 aromatic carbocycles. The van der Waals surface area contributed by atoms with Crippen molar-refractivity contribution in [3.05, 3.63) is 92.8 Å². The third-order valence-corrected chi connectivity index (χ3v) is 9.53. The first-order valence-electron chi connectivity index (χ1n) is 12.8. The van der Waals surface area contributed by atoms with Crippen LogP contribution in [0.4, 0.5) is 4.39 Å². The van der Waals surface area contributed by atoms with Crippen molar-refractivity contribution in [1.82, 2.24) is 10.0 Å². The van der Waals surface area contributed by atoms with E-state index >= 15 is 0 Å². The van der Waals surface area contributed by atoms with E-state index in [4.69, 9.17) is 28.9 Å². The third kappa shape index (κ3) is 7.24. The van der Waals surface area contributed by atoms with E-state index in [0.717, 1.165) is 37.7 Å². The van der Waals surface area contributed by atoms with E-state index in [0.29, 0.717) is 17.1 Å². The first-order valence-corrected chi connectivity index (χ1v) is 15.1. The molecule has 6 nitrogen and oxygen atoms in total. The molecular weight excluding hydrogens is 548 g/mol. The van der Waals surface area contributed by atoms with Gasteiger partial charge in [0.05, 0.1) is 22.4 Å². The Bertz CT molecular complexity index is 1330. The molecule has 0 heterocycles. The average molecular weight is 581 g/mol. The fourth-order valence-corrected chi connectivity index (χ4v) is 6.90. The van der Waals surface area contributed by atoms with Gasteiger partial charge in [0.1, 0.15) is 5.82 Å². The lowest BCUT2D eigenvalue weighted by Crippen LogP contribution is -2.39. The van der Waals surface area contributed by atoms with Crippen molar-refractivity contribution >= 4 is 39.1 Å². The first-order chi connectivity index (χ1) is 18.2. The lowest BCUT2D eigenvalue weighted by atomic mass is 9.86. The Morgan fingerprint density at radius 3 is 2.63 bits per heavy atom. The molecule has 3 atom stereocenters. The summed E-state index contributed by atoms with van der Waals surface area (Å²) in [5.74, 6) is -0.751. The summed E-state index contributed by atoms with van der Waals surface area (Å²) in [5.41, 5.74) is 9.68. The number of sulfonamides is 1. The molecule has 0 saturated carbocycles. The Balaban J connectivity index is 1.50. The minimum atomic E-state index is -3.93. The fourth-order valence-electron chi connectivity index (χ4n) is 4.96. The fraction of sp³-hybridized carbons (Fsp3) is 0.393. The summed E-state index contributed by atoms with van der Waals surface area (Å²) in [7, 11) is -3.93. The van der Waals surface area contributed by atoms with Crippen molar-refractivity contribution in [3.63, 3.8) is 0 Å². The zero-order valence-corrected chi connectivity index (χ0v) is 23.3. The number of hydrogen-bond donors (Lipinski definition) is 3. The summed E-state index contributed by atoms with van der Waals surface area (Å²) in [6, 6.07) is 10.7. The highest BCUT2D eigenvalue weighted by atomic mass is 35.5. The number of carbonyl (C=O) groups is 1. The van der Waals surface area contributed by atoms with Crippen LogP contribution in [-0.2, 0) is 27.7 Å². The average Bonchev–Trinajstić information content (AvgIpc) is 2.89. The summed E-state index contributed by atoms with van der Waals surface area (Å²) < 4.78 is 42.7. The van der Waals surface area contributed by atoms with Crippen LogP contribution in [0.2, 0.25) is 0 Å². The highest BCUT2D eigenvalue weighted by molar-refractivity contribution is 7.90. The Hall–Kier alpha value is -2.23. The second kappa shape index (κ2) is 12.7. The van der Waals surface area contributed by atoms with Crippen LogP contribution in [0, 0.1) is 5.82 Å². The summed E-state index contributed by atoms with van der Waals surface area (Å²) in [4.78, 5) is 13.2. The Morgan fingerprint density at radius 1 is 1.16 bits per heavy atom. The first kappa shape index (κ1) is 28.8. The van der Waals surface area contributed by atoms with Crippen LogP contribution in [0.15, 0.2) is 64.7 Å². The van der Waals surface area contributed by atoms with Gasteiger partial charge in [0.2, 0.25) is 15.9 Å². The van der Waals surface area contributed by atoms with Gasteiger partial charge < -0.3 is 11.1 Å². The van der Waals surface area contributed by atoms with Crippen molar-refractivity contribution in [2.75, 3.05) is 6.54 Å². The maximum Gasteiger partial charge on any atom is 0.222 e. The molecule has 0 fully saturated rings. The van der Waals surface area contributed by atoms with E-state index in [1.807, 2.05) is 0 Å². The van der Waals surface area contributed by atoms with Gasteiger partial charge >= 0.3 is 0 Å². The number of hydrogen-bond acceptors (Lipinski definition) is 4.